The summed E-state index contributed by atoms with van der Waals surface area (Å²) in [4.78, 5) is 159. The summed E-state index contributed by atoms with van der Waals surface area (Å²) in [6.45, 7) is 18.7. The number of nitrogens with two attached hydrogens (primary N) is 1. The maximum atomic E-state index is 14.7. The molecule has 106 heavy (non-hydrogen) atoms. The van der Waals surface area contributed by atoms with Crippen molar-refractivity contribution < 1.29 is 88.9 Å². The summed E-state index contributed by atoms with van der Waals surface area (Å²) in [6.07, 6.45) is -0.552. The Bertz CT molecular complexity index is 3540. The third kappa shape index (κ3) is 24.0. The first-order valence-electron chi connectivity index (χ1n) is 35.8. The van der Waals surface area contributed by atoms with Gasteiger partial charge in [-0.05, 0) is 101 Å². The van der Waals surface area contributed by atoms with Gasteiger partial charge in [-0.15, -0.1) is 0 Å². The first-order valence-corrected chi connectivity index (χ1v) is 35.8. The Balaban J connectivity index is 1.21. The SMILES string of the molecule is C=C(C)[C@@H](C(=O)N[C@H](C(=O)N(C)[C@@H]([C@@H](C)CC)[C@@H](CC(=O)N1CCC[C@H]1[C@H](OC)[C@@H](C)C(=O)N[C@@H](Cc1ccccc1)C(=O)N(C)Cc1ccc(NC(=O)[C@H](CCCNC(N)=O)NC(=O)[C@@H](NC(=O)CCC(=O)N2CCC(C(=O)Oc3c(F)c(F)c(F)c(F)c3F)CC2)C(C)C)cc1)OC)C(C)C)N(C)C. The molecule has 2 saturated heterocycles. The Kier molecular flexibility index (Phi) is 34.0. The van der Waals surface area contributed by atoms with Gasteiger partial charge < -0.3 is 71.4 Å². The van der Waals surface area contributed by atoms with Gasteiger partial charge in [0.25, 0.3) is 0 Å². The van der Waals surface area contributed by atoms with Gasteiger partial charge in [0.1, 0.15) is 30.2 Å². The molecule has 0 unspecified atom stereocenters. The van der Waals surface area contributed by atoms with Gasteiger partial charge in [0.05, 0.1) is 42.5 Å². The first kappa shape index (κ1) is 87.5. The predicted molar refractivity (Wildman–Crippen MR) is 385 cm³/mol. The fourth-order valence-corrected chi connectivity index (χ4v) is 13.5. The number of carbonyl (C=O) groups excluding carboxylic acids is 11. The maximum Gasteiger partial charge on any atom is 0.314 e. The van der Waals surface area contributed by atoms with Crippen LogP contribution < -0.4 is 42.4 Å². The van der Waals surface area contributed by atoms with E-state index in [9.17, 15) is 74.7 Å². The number of hydrogen-bond acceptors (Lipinski definition) is 15. The summed E-state index contributed by atoms with van der Waals surface area (Å²) in [6, 6.07) is 8.66. The lowest BCUT2D eigenvalue weighted by atomic mass is 9.89. The summed E-state index contributed by atoms with van der Waals surface area (Å²) in [5.41, 5.74) is 7.57. The quantitative estimate of drug-likeness (QED) is 0.00632. The molecule has 0 saturated carbocycles. The molecule has 5 rings (SSSR count). The molecule has 3 aromatic rings. The number of amides is 11. The standard InChI is InChI=1S/C75H107F5N12O14/c1-16-44(8)65(90(13)73(101)63(42(4)5)87-71(99)64(43(6)7)88(10)11)53(104-14)39-56(95)92-35-21-25-52(92)66(105-15)45(9)68(96)85-51(38-46-22-18-17-19-23-46)72(100)89(12)40-47-26-28-49(29-27-47)83-69(97)50(24-20-34-82-75(81)103)84-70(98)62(41(2)3)86-54(93)30-31-55(94)91-36-32-48(33-37-91)74(102)106-67-60(79)58(77)57(76)59(78)61(67)80/h17-19,22-23,26-29,41-42,44-45,48,50-53,62-66H,6,16,20-21,24-25,30-40H2,1-5,7-15H3,(H,83,97)(H,84,98)(H,85,96)(H,86,93)(H,87,99)(H3,81,82,103)/t44-,45+,50-,51-,52-,53+,62-,63-,64-,65-,66+/m0/s1. The van der Waals surface area contributed by atoms with Gasteiger partial charge in [0.15, 0.2) is 0 Å². The van der Waals surface area contributed by atoms with E-state index < -0.39 is 161 Å². The van der Waals surface area contributed by atoms with Crippen molar-refractivity contribution in [3.63, 3.8) is 0 Å². The van der Waals surface area contributed by atoms with E-state index in [2.05, 4.69) is 43.2 Å². The summed E-state index contributed by atoms with van der Waals surface area (Å²) >= 11 is 0. The molecule has 0 aromatic heterocycles. The Morgan fingerprint density at radius 1 is 0.660 bits per heavy atom. The fourth-order valence-electron chi connectivity index (χ4n) is 13.5. The third-order valence-electron chi connectivity index (χ3n) is 19.6. The van der Waals surface area contributed by atoms with Gasteiger partial charge in [-0.25, -0.2) is 18.0 Å². The lowest BCUT2D eigenvalue weighted by molar-refractivity contribution is -0.148. The number of primary amides is 1. The van der Waals surface area contributed by atoms with Crippen molar-refractivity contribution in [2.75, 3.05) is 73.9 Å². The molecule has 31 heteroatoms. The summed E-state index contributed by atoms with van der Waals surface area (Å²) in [7, 11) is 9.75. The number of piperidine rings is 1. The van der Waals surface area contributed by atoms with Crippen molar-refractivity contribution in [2.24, 2.45) is 35.3 Å². The van der Waals surface area contributed by atoms with Gasteiger partial charge in [0, 0.05) is 86.0 Å². The molecular formula is C75H107F5N12O14. The average molecular weight is 1500 g/mol. The van der Waals surface area contributed by atoms with Crippen LogP contribution in [0.5, 0.6) is 5.75 Å². The van der Waals surface area contributed by atoms with Crippen molar-refractivity contribution in [3.05, 3.63) is 107 Å². The van der Waals surface area contributed by atoms with Crippen LogP contribution in [0.25, 0.3) is 0 Å². The number of ether oxygens (including phenoxy) is 3. The minimum absolute atomic E-state index is 0.0103. The van der Waals surface area contributed by atoms with Crippen LogP contribution in [0.3, 0.4) is 0 Å². The second-order valence-corrected chi connectivity index (χ2v) is 28.4. The molecule has 11 amide bonds. The van der Waals surface area contributed by atoms with E-state index in [1.54, 1.807) is 94.9 Å². The minimum Gasteiger partial charge on any atom is -0.420 e. The highest BCUT2D eigenvalue weighted by atomic mass is 19.2. The molecule has 2 heterocycles. The van der Waals surface area contributed by atoms with Crippen molar-refractivity contribution in [2.45, 2.75) is 187 Å². The van der Waals surface area contributed by atoms with E-state index in [-0.39, 0.29) is 101 Å². The van der Waals surface area contributed by atoms with Crippen molar-refractivity contribution in [1.82, 2.24) is 51.1 Å². The molecule has 0 aliphatic carbocycles. The molecule has 0 bridgehead atoms. The zero-order chi connectivity index (χ0) is 79.1. The molecule has 3 aromatic carbocycles. The number of rotatable bonds is 38. The molecule has 2 fully saturated rings. The largest absolute Gasteiger partial charge is 0.420 e. The van der Waals surface area contributed by atoms with E-state index >= 15 is 0 Å². The number of halogens is 5. The second-order valence-electron chi connectivity index (χ2n) is 28.4. The van der Waals surface area contributed by atoms with Gasteiger partial charge in [-0.1, -0.05) is 110 Å². The van der Waals surface area contributed by atoms with Crippen LogP contribution in [0.15, 0.2) is 66.7 Å². The van der Waals surface area contributed by atoms with E-state index in [4.69, 9.17) is 15.2 Å². The topological polar surface area (TPSA) is 330 Å². The van der Waals surface area contributed by atoms with Crippen LogP contribution in [0, 0.1) is 58.7 Å². The molecular weight excluding hydrogens is 1390 g/mol. The molecule has 586 valence electrons. The monoisotopic (exact) mass is 1490 g/mol. The van der Waals surface area contributed by atoms with Crippen LogP contribution in [0.4, 0.5) is 32.4 Å². The van der Waals surface area contributed by atoms with Gasteiger partial charge in [-0.3, -0.25) is 52.8 Å². The van der Waals surface area contributed by atoms with Gasteiger partial charge in [0.2, 0.25) is 88.0 Å². The summed E-state index contributed by atoms with van der Waals surface area (Å²) < 4.78 is 86.0. The number of hydrogen-bond donors (Lipinski definition) is 7. The highest BCUT2D eigenvalue weighted by Crippen LogP contribution is 2.33. The van der Waals surface area contributed by atoms with Gasteiger partial charge in [-0.2, -0.15) is 8.78 Å². The van der Waals surface area contributed by atoms with Crippen LogP contribution in [0.1, 0.15) is 131 Å². The van der Waals surface area contributed by atoms with E-state index in [0.717, 1.165) is 5.56 Å². The normalized spacial score (nSPS) is 16.8. The van der Waals surface area contributed by atoms with Crippen LogP contribution >= 0.6 is 0 Å². The van der Waals surface area contributed by atoms with Crippen LogP contribution in [0.2, 0.25) is 0 Å². The highest BCUT2D eigenvalue weighted by molar-refractivity contribution is 5.99. The summed E-state index contributed by atoms with van der Waals surface area (Å²) in [5.74, 6) is -22.1. The Hall–Kier alpha value is -9.10. The predicted octanol–water partition coefficient (Wildman–Crippen LogP) is 6.27. The zero-order valence-electron chi connectivity index (χ0n) is 63.2. The fraction of sp³-hybridized carbons (Fsp3) is 0.587. The molecule has 2 aliphatic heterocycles. The lowest BCUT2D eigenvalue weighted by Gasteiger charge is -2.41. The maximum absolute atomic E-state index is 14.7. The molecule has 0 radical (unpaired) electrons. The lowest BCUT2D eigenvalue weighted by Crippen LogP contribution is -2.59. The average Bonchev–Trinajstić information content (AvgIpc) is 1.18. The van der Waals surface area contributed by atoms with Crippen molar-refractivity contribution in [1.29, 1.82) is 0 Å². The molecule has 8 N–H and O–H groups in total. The Labute approximate surface area is 617 Å². The molecule has 2 aliphatic rings. The second kappa shape index (κ2) is 41.1. The van der Waals surface area contributed by atoms with Crippen molar-refractivity contribution >= 4 is 70.9 Å². The smallest absolute Gasteiger partial charge is 0.314 e. The number of urea groups is 1. The van der Waals surface area contributed by atoms with Gasteiger partial charge >= 0.3 is 12.0 Å². The summed E-state index contributed by atoms with van der Waals surface area (Å²) in [5, 5.41) is 16.5. The third-order valence-corrected chi connectivity index (χ3v) is 19.6. The molecule has 26 nitrogen and oxygen atoms in total. The Morgan fingerprint density at radius 2 is 1.25 bits per heavy atom. The number of methoxy groups -OCH3 is 2. The molecule has 0 spiro atoms. The number of likely N-dealkylation sites (N-methyl/N-ethyl adjacent to an activating group) is 3. The van der Waals surface area contributed by atoms with E-state index in [1.807, 2.05) is 58.0 Å². The minimum atomic E-state index is -2.42. The Morgan fingerprint density at radius 3 is 1.80 bits per heavy atom. The van der Waals surface area contributed by atoms with E-state index in [1.165, 1.54) is 24.0 Å². The number of likely N-dealkylation sites (tertiary alicyclic amines) is 2. The number of nitrogens with zero attached hydrogens (tertiary/aromatic N) is 5. The van der Waals surface area contributed by atoms with Crippen LogP contribution in [-0.2, 0) is 70.4 Å². The number of nitrogens with one attached hydrogen (secondary N) is 6. The first-order chi connectivity index (χ1) is 50.0. The number of carbonyl (C=O) groups is 11. The van der Waals surface area contributed by atoms with Crippen molar-refractivity contribution in [3.8, 4) is 5.75 Å². The molecule has 11 atom stereocenters. The highest BCUT2D eigenvalue weighted by Gasteiger charge is 2.45. The number of benzene rings is 3. The van der Waals surface area contributed by atoms with E-state index in [0.29, 0.717) is 42.6 Å². The number of esters is 1. The zero-order valence-corrected chi connectivity index (χ0v) is 63.2. The van der Waals surface area contributed by atoms with Crippen LogP contribution in [-0.4, -0.2) is 213 Å². The number of anilines is 1.